The Balaban J connectivity index is 1.27. The van der Waals surface area contributed by atoms with E-state index in [2.05, 4.69) is 20.1 Å². The standard InChI is InChI=1S/C24H30N6O/c25-9-3-11-28-13-15-29(16-14-28)12-4-10-26-19-7-8-20-23-22(19)24(31)18-5-1-2-6-21(18)30(23)17-27-20/h1-2,5-8,17,26H,3-4,9-16,25H2. The van der Waals surface area contributed by atoms with Crippen molar-refractivity contribution in [1.82, 2.24) is 19.2 Å². The Bertz CT molecular complexity index is 1230. The third-order valence-electron chi connectivity index (χ3n) is 6.46. The number of piperazine rings is 1. The molecule has 0 saturated carbocycles. The smallest absolute Gasteiger partial charge is 0.199 e. The van der Waals surface area contributed by atoms with Gasteiger partial charge in [-0.15, -0.1) is 0 Å². The van der Waals surface area contributed by atoms with E-state index in [1.54, 1.807) is 0 Å². The Hall–Kier alpha value is -2.74. The SMILES string of the molecule is NCCCN1CCN(CCCNc2ccc3ncn4c5ccccc5c(=O)c2c34)CC1. The van der Waals surface area contributed by atoms with Gasteiger partial charge >= 0.3 is 0 Å². The highest BCUT2D eigenvalue weighted by Crippen LogP contribution is 2.28. The summed E-state index contributed by atoms with van der Waals surface area (Å²) in [6.07, 6.45) is 3.94. The van der Waals surface area contributed by atoms with Crippen molar-refractivity contribution in [1.29, 1.82) is 0 Å². The molecule has 3 heterocycles. The van der Waals surface area contributed by atoms with Gasteiger partial charge in [-0.1, -0.05) is 12.1 Å². The molecule has 7 nitrogen and oxygen atoms in total. The van der Waals surface area contributed by atoms with Crippen molar-refractivity contribution in [3.05, 3.63) is 52.9 Å². The van der Waals surface area contributed by atoms with Crippen LogP contribution >= 0.6 is 0 Å². The number of rotatable bonds is 8. The summed E-state index contributed by atoms with van der Waals surface area (Å²) in [5.41, 5.74) is 9.27. The number of anilines is 1. The van der Waals surface area contributed by atoms with E-state index in [1.165, 1.54) is 0 Å². The molecule has 0 aliphatic carbocycles. The molecule has 0 bridgehead atoms. The van der Waals surface area contributed by atoms with E-state index in [0.29, 0.717) is 0 Å². The summed E-state index contributed by atoms with van der Waals surface area (Å²) in [5, 5.41) is 5.00. The number of nitrogens with two attached hydrogens (primary N) is 1. The highest BCUT2D eigenvalue weighted by atomic mass is 16.1. The molecule has 1 fully saturated rings. The minimum absolute atomic E-state index is 0.0744. The summed E-state index contributed by atoms with van der Waals surface area (Å²) in [6, 6.07) is 11.8. The van der Waals surface area contributed by atoms with Gasteiger partial charge in [0.1, 0.15) is 6.33 Å². The molecule has 0 radical (unpaired) electrons. The maximum absolute atomic E-state index is 13.3. The molecule has 0 unspecified atom stereocenters. The second-order valence-corrected chi connectivity index (χ2v) is 8.42. The Morgan fingerprint density at radius 2 is 1.71 bits per heavy atom. The fourth-order valence-electron chi connectivity index (χ4n) is 4.75. The van der Waals surface area contributed by atoms with Gasteiger partial charge in [-0.3, -0.25) is 9.20 Å². The van der Waals surface area contributed by atoms with Crippen LogP contribution in [0.25, 0.3) is 27.3 Å². The van der Waals surface area contributed by atoms with Gasteiger partial charge in [0.2, 0.25) is 0 Å². The van der Waals surface area contributed by atoms with Gasteiger partial charge in [0.05, 0.1) is 21.9 Å². The molecule has 1 saturated heterocycles. The first-order valence-corrected chi connectivity index (χ1v) is 11.3. The first-order valence-electron chi connectivity index (χ1n) is 11.3. The second kappa shape index (κ2) is 8.78. The van der Waals surface area contributed by atoms with Gasteiger partial charge in [-0.25, -0.2) is 4.98 Å². The molecule has 0 atom stereocenters. The van der Waals surface area contributed by atoms with Gasteiger partial charge in [-0.05, 0) is 56.7 Å². The van der Waals surface area contributed by atoms with E-state index in [1.807, 2.05) is 47.1 Å². The Morgan fingerprint density at radius 1 is 0.968 bits per heavy atom. The number of nitrogens with zero attached hydrogens (tertiary/aromatic N) is 4. The van der Waals surface area contributed by atoms with Crippen LogP contribution in [0.15, 0.2) is 47.5 Å². The van der Waals surface area contributed by atoms with E-state index in [0.717, 1.165) is 98.2 Å². The molecule has 0 spiro atoms. The zero-order valence-electron chi connectivity index (χ0n) is 17.9. The largest absolute Gasteiger partial charge is 0.384 e. The first-order chi connectivity index (χ1) is 15.3. The van der Waals surface area contributed by atoms with Crippen molar-refractivity contribution in [2.24, 2.45) is 5.73 Å². The normalized spacial score (nSPS) is 16.0. The number of hydrogen-bond acceptors (Lipinski definition) is 6. The molecular weight excluding hydrogens is 388 g/mol. The topological polar surface area (TPSA) is 78.9 Å². The minimum Gasteiger partial charge on any atom is -0.384 e. The first kappa shape index (κ1) is 20.2. The third kappa shape index (κ3) is 3.84. The van der Waals surface area contributed by atoms with Crippen molar-refractivity contribution in [3.63, 3.8) is 0 Å². The van der Waals surface area contributed by atoms with E-state index >= 15 is 0 Å². The van der Waals surface area contributed by atoms with E-state index in [9.17, 15) is 4.79 Å². The molecule has 1 aliphatic rings. The van der Waals surface area contributed by atoms with E-state index in [-0.39, 0.29) is 5.43 Å². The van der Waals surface area contributed by atoms with Crippen LogP contribution in [0.1, 0.15) is 12.8 Å². The highest BCUT2D eigenvalue weighted by molar-refractivity contribution is 6.06. The molecule has 31 heavy (non-hydrogen) atoms. The van der Waals surface area contributed by atoms with Crippen molar-refractivity contribution < 1.29 is 0 Å². The molecule has 2 aromatic carbocycles. The lowest BCUT2D eigenvalue weighted by molar-refractivity contribution is 0.132. The maximum atomic E-state index is 13.3. The number of para-hydroxylation sites is 1. The predicted octanol–water partition coefficient (Wildman–Crippen LogP) is 2.21. The molecule has 162 valence electrons. The van der Waals surface area contributed by atoms with Crippen LogP contribution in [0.4, 0.5) is 5.69 Å². The number of aromatic nitrogens is 2. The number of benzene rings is 2. The summed E-state index contributed by atoms with van der Waals surface area (Å²) in [4.78, 5) is 22.8. The van der Waals surface area contributed by atoms with Crippen LogP contribution < -0.4 is 16.5 Å². The van der Waals surface area contributed by atoms with Gasteiger partial charge in [0, 0.05) is 43.8 Å². The predicted molar refractivity (Wildman–Crippen MR) is 127 cm³/mol. The quantitative estimate of drug-likeness (QED) is 0.337. The Kier molecular flexibility index (Phi) is 5.72. The molecule has 3 N–H and O–H groups in total. The lowest BCUT2D eigenvalue weighted by Gasteiger charge is -2.34. The summed E-state index contributed by atoms with van der Waals surface area (Å²) in [6.45, 7) is 8.31. The molecule has 7 heteroatoms. The van der Waals surface area contributed by atoms with Gasteiger partial charge < -0.3 is 20.9 Å². The zero-order valence-corrected chi connectivity index (χ0v) is 17.9. The highest BCUT2D eigenvalue weighted by Gasteiger charge is 2.17. The maximum Gasteiger partial charge on any atom is 0.199 e. The monoisotopic (exact) mass is 418 g/mol. The lowest BCUT2D eigenvalue weighted by Crippen LogP contribution is -2.47. The van der Waals surface area contributed by atoms with Gasteiger partial charge in [-0.2, -0.15) is 0 Å². The molecule has 0 amide bonds. The van der Waals surface area contributed by atoms with Crippen LogP contribution in [0.2, 0.25) is 0 Å². The van der Waals surface area contributed by atoms with Crippen LogP contribution in [-0.2, 0) is 0 Å². The number of imidazole rings is 1. The number of nitrogens with one attached hydrogen (secondary N) is 1. The Morgan fingerprint density at radius 3 is 2.48 bits per heavy atom. The summed E-state index contributed by atoms with van der Waals surface area (Å²) < 4.78 is 2.04. The number of hydrogen-bond donors (Lipinski definition) is 2. The molecule has 4 aromatic rings. The molecule has 5 rings (SSSR count). The van der Waals surface area contributed by atoms with Crippen LogP contribution in [0.5, 0.6) is 0 Å². The van der Waals surface area contributed by atoms with E-state index < -0.39 is 0 Å². The molecule has 1 aliphatic heterocycles. The van der Waals surface area contributed by atoms with Crippen molar-refractivity contribution in [3.8, 4) is 0 Å². The summed E-state index contributed by atoms with van der Waals surface area (Å²) in [5.74, 6) is 0. The lowest BCUT2D eigenvalue weighted by atomic mass is 10.1. The van der Waals surface area contributed by atoms with Gasteiger partial charge in [0.25, 0.3) is 0 Å². The minimum atomic E-state index is 0.0744. The second-order valence-electron chi connectivity index (χ2n) is 8.42. The van der Waals surface area contributed by atoms with Gasteiger partial charge in [0.15, 0.2) is 5.43 Å². The summed E-state index contributed by atoms with van der Waals surface area (Å²) in [7, 11) is 0. The van der Waals surface area contributed by atoms with Crippen LogP contribution in [-0.4, -0.2) is 71.5 Å². The summed E-state index contributed by atoms with van der Waals surface area (Å²) >= 11 is 0. The van der Waals surface area contributed by atoms with Crippen molar-refractivity contribution in [2.45, 2.75) is 12.8 Å². The number of pyridine rings is 1. The third-order valence-corrected chi connectivity index (χ3v) is 6.46. The van der Waals surface area contributed by atoms with Crippen LogP contribution in [0.3, 0.4) is 0 Å². The fourth-order valence-corrected chi connectivity index (χ4v) is 4.75. The average molecular weight is 419 g/mol. The van der Waals surface area contributed by atoms with Crippen molar-refractivity contribution >= 4 is 33.0 Å². The fraction of sp³-hybridized carbons (Fsp3) is 0.417. The van der Waals surface area contributed by atoms with Crippen molar-refractivity contribution in [2.75, 3.05) is 57.7 Å². The number of fused-ring (bicyclic) bond motifs is 2. The zero-order chi connectivity index (χ0) is 21.2. The van der Waals surface area contributed by atoms with Crippen LogP contribution in [0, 0.1) is 0 Å². The Labute approximate surface area is 181 Å². The molecular formula is C24H30N6O. The average Bonchev–Trinajstić information content (AvgIpc) is 3.24. The molecule has 2 aromatic heterocycles. The van der Waals surface area contributed by atoms with E-state index in [4.69, 9.17) is 5.73 Å².